The summed E-state index contributed by atoms with van der Waals surface area (Å²) in [6, 6.07) is 19.5. The Hall–Kier alpha value is -4.00. The minimum Gasteiger partial charge on any atom is -0.337 e. The minimum absolute atomic E-state index is 0.157. The number of aryl methyl sites for hydroxylation is 3. The molecule has 0 bridgehead atoms. The van der Waals surface area contributed by atoms with E-state index < -0.39 is 0 Å². The van der Waals surface area contributed by atoms with Gasteiger partial charge < -0.3 is 4.57 Å². The van der Waals surface area contributed by atoms with Gasteiger partial charge in [0.05, 0.1) is 17.9 Å². The molecule has 7 nitrogen and oxygen atoms in total. The molecule has 5 rings (SSSR count). The Kier molecular flexibility index (Phi) is 4.48. The molecule has 1 aromatic carbocycles. The average Bonchev–Trinajstić information content (AvgIpc) is 3.33. The van der Waals surface area contributed by atoms with Crippen LogP contribution in [0.4, 0.5) is 0 Å². The van der Waals surface area contributed by atoms with Gasteiger partial charge in [-0.3, -0.25) is 4.98 Å². The third-order valence-corrected chi connectivity index (χ3v) is 5.17. The Morgan fingerprint density at radius 2 is 1.70 bits per heavy atom. The molecule has 4 aromatic heterocycles. The predicted octanol–water partition coefficient (Wildman–Crippen LogP) is 3.20. The van der Waals surface area contributed by atoms with Crippen LogP contribution in [-0.2, 0) is 20.0 Å². The maximum absolute atomic E-state index is 13.1. The fourth-order valence-electron chi connectivity index (χ4n) is 3.64. The van der Waals surface area contributed by atoms with Crippen LogP contribution in [0.3, 0.4) is 0 Å². The highest BCUT2D eigenvalue weighted by atomic mass is 16.2. The van der Waals surface area contributed by atoms with E-state index in [4.69, 9.17) is 4.98 Å². The number of nitrogens with zero attached hydrogens (tertiary/aromatic N) is 6. The van der Waals surface area contributed by atoms with Crippen LogP contribution in [-0.4, -0.2) is 28.7 Å². The van der Waals surface area contributed by atoms with E-state index in [2.05, 4.69) is 10.1 Å². The first-order valence-electron chi connectivity index (χ1n) is 9.77. The molecule has 0 radical (unpaired) electrons. The molecule has 30 heavy (non-hydrogen) atoms. The van der Waals surface area contributed by atoms with E-state index >= 15 is 0 Å². The van der Waals surface area contributed by atoms with E-state index in [9.17, 15) is 4.79 Å². The van der Waals surface area contributed by atoms with Gasteiger partial charge >= 0.3 is 5.69 Å². The van der Waals surface area contributed by atoms with Crippen LogP contribution in [0, 0.1) is 0 Å². The van der Waals surface area contributed by atoms with Crippen LogP contribution in [0.1, 0.15) is 5.82 Å². The van der Waals surface area contributed by atoms with Gasteiger partial charge in [0.2, 0.25) is 0 Å². The summed E-state index contributed by atoms with van der Waals surface area (Å²) in [5.74, 6) is 0.909. The molecule has 7 heteroatoms. The maximum atomic E-state index is 13.1. The van der Waals surface area contributed by atoms with Crippen molar-refractivity contribution in [2.24, 2.45) is 7.05 Å². The second kappa shape index (κ2) is 7.44. The molecule has 0 fully saturated rings. The molecule has 0 spiro atoms. The quantitative estimate of drug-likeness (QED) is 0.457. The molecular formula is C23H20N6O. The first-order chi connectivity index (χ1) is 14.7. The third kappa shape index (κ3) is 3.20. The monoisotopic (exact) mass is 396 g/mol. The topological polar surface area (TPSA) is 70.0 Å². The largest absolute Gasteiger partial charge is 0.350 e. The van der Waals surface area contributed by atoms with Crippen LogP contribution < -0.4 is 5.69 Å². The fraction of sp³-hybridized carbons (Fsp3) is 0.130. The van der Waals surface area contributed by atoms with Gasteiger partial charge in [0.1, 0.15) is 5.82 Å². The first kappa shape index (κ1) is 18.1. The van der Waals surface area contributed by atoms with E-state index in [1.54, 1.807) is 16.8 Å². The maximum Gasteiger partial charge on any atom is 0.350 e. The van der Waals surface area contributed by atoms with Gasteiger partial charge in [-0.15, -0.1) is 5.10 Å². The van der Waals surface area contributed by atoms with Gasteiger partial charge in [-0.2, -0.15) is 0 Å². The standard InChI is InChI=1S/C23H20N6O/c1-27-16-19(17-6-3-2-4-7-17)25-21(27)12-15-28-23(30)29-20(8-5-9-22(29)26-28)18-10-13-24-14-11-18/h2-11,13-14,16H,12,15H2,1H3. The molecule has 0 unspecified atom stereocenters. The Morgan fingerprint density at radius 1 is 0.900 bits per heavy atom. The second-order valence-corrected chi connectivity index (χ2v) is 7.12. The number of hydrogen-bond acceptors (Lipinski definition) is 4. The highest BCUT2D eigenvalue weighted by molar-refractivity contribution is 5.62. The summed E-state index contributed by atoms with van der Waals surface area (Å²) in [7, 11) is 1.97. The number of imidazole rings is 1. The Bertz CT molecular complexity index is 1370. The van der Waals surface area contributed by atoms with Gasteiger partial charge in [0.25, 0.3) is 0 Å². The van der Waals surface area contributed by atoms with Crippen LogP contribution in [0.25, 0.3) is 28.2 Å². The van der Waals surface area contributed by atoms with Crippen molar-refractivity contribution in [2.75, 3.05) is 0 Å². The molecule has 5 aromatic rings. The molecule has 0 N–H and O–H groups in total. The van der Waals surface area contributed by atoms with Crippen LogP contribution in [0.15, 0.2) is 84.0 Å². The predicted molar refractivity (Wildman–Crippen MR) is 115 cm³/mol. The van der Waals surface area contributed by atoms with Crippen molar-refractivity contribution in [2.45, 2.75) is 13.0 Å². The van der Waals surface area contributed by atoms with E-state index in [0.717, 1.165) is 28.3 Å². The average molecular weight is 396 g/mol. The SMILES string of the molecule is Cn1cc(-c2ccccc2)nc1CCn1nc2cccc(-c3ccncc3)n2c1=O. The van der Waals surface area contributed by atoms with Gasteiger partial charge in [-0.25, -0.2) is 18.9 Å². The Labute approximate surface area is 172 Å². The van der Waals surface area contributed by atoms with Crippen LogP contribution in [0.5, 0.6) is 0 Å². The lowest BCUT2D eigenvalue weighted by atomic mass is 10.2. The van der Waals surface area contributed by atoms with Crippen molar-refractivity contribution in [3.05, 3.63) is 95.6 Å². The zero-order valence-corrected chi connectivity index (χ0v) is 16.5. The summed E-state index contributed by atoms with van der Waals surface area (Å²) >= 11 is 0. The van der Waals surface area contributed by atoms with Crippen LogP contribution in [0.2, 0.25) is 0 Å². The molecule has 0 amide bonds. The fourth-order valence-corrected chi connectivity index (χ4v) is 3.64. The zero-order valence-electron chi connectivity index (χ0n) is 16.5. The van der Waals surface area contributed by atoms with E-state index in [-0.39, 0.29) is 5.69 Å². The molecule has 0 saturated carbocycles. The summed E-state index contributed by atoms with van der Waals surface area (Å²) in [5, 5.41) is 4.52. The number of pyridine rings is 2. The first-order valence-corrected chi connectivity index (χ1v) is 9.77. The van der Waals surface area contributed by atoms with Crippen molar-refractivity contribution < 1.29 is 0 Å². The zero-order chi connectivity index (χ0) is 20.5. The summed E-state index contributed by atoms with van der Waals surface area (Å²) in [6.45, 7) is 0.454. The number of hydrogen-bond donors (Lipinski definition) is 0. The molecule has 0 saturated heterocycles. The highest BCUT2D eigenvalue weighted by Crippen LogP contribution is 2.19. The van der Waals surface area contributed by atoms with Gasteiger partial charge in [0.15, 0.2) is 5.65 Å². The third-order valence-electron chi connectivity index (χ3n) is 5.17. The van der Waals surface area contributed by atoms with Crippen molar-refractivity contribution >= 4 is 5.65 Å². The lowest BCUT2D eigenvalue weighted by Gasteiger charge is -2.03. The molecule has 0 atom stereocenters. The molecule has 0 aliphatic rings. The number of fused-ring (bicyclic) bond motifs is 1. The molecule has 148 valence electrons. The summed E-state index contributed by atoms with van der Waals surface area (Å²) in [5.41, 5.74) is 4.19. The Balaban J connectivity index is 1.45. The summed E-state index contributed by atoms with van der Waals surface area (Å²) in [6.07, 6.45) is 6.06. The van der Waals surface area contributed by atoms with E-state index in [1.165, 1.54) is 4.68 Å². The number of benzene rings is 1. The molecule has 4 heterocycles. The summed E-state index contributed by atoms with van der Waals surface area (Å²) < 4.78 is 5.16. The van der Waals surface area contributed by atoms with Crippen molar-refractivity contribution in [1.29, 1.82) is 0 Å². The second-order valence-electron chi connectivity index (χ2n) is 7.12. The smallest absolute Gasteiger partial charge is 0.337 e. The normalized spacial score (nSPS) is 11.2. The summed E-state index contributed by atoms with van der Waals surface area (Å²) in [4.78, 5) is 21.9. The van der Waals surface area contributed by atoms with Gasteiger partial charge in [-0.1, -0.05) is 36.4 Å². The van der Waals surface area contributed by atoms with Crippen molar-refractivity contribution in [1.82, 2.24) is 28.7 Å². The lowest BCUT2D eigenvalue weighted by molar-refractivity contribution is 0.572. The number of rotatable bonds is 5. The highest BCUT2D eigenvalue weighted by Gasteiger charge is 2.13. The molecular weight excluding hydrogens is 376 g/mol. The van der Waals surface area contributed by atoms with E-state index in [1.807, 2.05) is 78.5 Å². The minimum atomic E-state index is -0.157. The number of aromatic nitrogens is 6. The molecule has 0 aliphatic heterocycles. The van der Waals surface area contributed by atoms with Gasteiger partial charge in [0, 0.05) is 43.2 Å². The van der Waals surface area contributed by atoms with Crippen LogP contribution >= 0.6 is 0 Å². The molecule has 0 aliphatic carbocycles. The lowest BCUT2D eigenvalue weighted by Crippen LogP contribution is -2.23. The van der Waals surface area contributed by atoms with Crippen molar-refractivity contribution in [3.8, 4) is 22.5 Å². The van der Waals surface area contributed by atoms with Gasteiger partial charge in [-0.05, 0) is 24.3 Å². The van der Waals surface area contributed by atoms with E-state index in [0.29, 0.717) is 18.6 Å². The Morgan fingerprint density at radius 3 is 2.50 bits per heavy atom. The van der Waals surface area contributed by atoms with Crippen molar-refractivity contribution in [3.63, 3.8) is 0 Å².